The summed E-state index contributed by atoms with van der Waals surface area (Å²) >= 11 is 0. The molecule has 128 valence electrons. The zero-order valence-corrected chi connectivity index (χ0v) is 14.6. The minimum Gasteiger partial charge on any atom is -0.465 e. The van der Waals surface area contributed by atoms with Crippen LogP contribution in [0.3, 0.4) is 0 Å². The molecule has 2 rings (SSSR count). The van der Waals surface area contributed by atoms with Gasteiger partial charge >= 0.3 is 5.97 Å². The van der Waals surface area contributed by atoms with E-state index < -0.39 is 0 Å². The van der Waals surface area contributed by atoms with Crippen molar-refractivity contribution in [2.75, 3.05) is 24.3 Å². The van der Waals surface area contributed by atoms with E-state index in [0.717, 1.165) is 30.2 Å². The van der Waals surface area contributed by atoms with Crippen LogP contribution < -0.4 is 10.6 Å². The van der Waals surface area contributed by atoms with Gasteiger partial charge in [0.15, 0.2) is 0 Å². The summed E-state index contributed by atoms with van der Waals surface area (Å²) in [6.45, 7) is 7.19. The number of methoxy groups -OCH3 is 1. The summed E-state index contributed by atoms with van der Waals surface area (Å²) in [4.78, 5) is 20.3. The molecule has 0 aliphatic rings. The predicted molar refractivity (Wildman–Crippen MR) is 95.8 cm³/mol. The molecular weight excluding hydrogens is 304 g/mol. The van der Waals surface area contributed by atoms with Crippen LogP contribution in [0.5, 0.6) is 0 Å². The normalized spacial score (nSPS) is 10.5. The Morgan fingerprint density at radius 1 is 1.21 bits per heavy atom. The van der Waals surface area contributed by atoms with Crippen LogP contribution in [0.1, 0.15) is 36.3 Å². The van der Waals surface area contributed by atoms with Gasteiger partial charge in [-0.05, 0) is 43.5 Å². The smallest absolute Gasteiger partial charge is 0.337 e. The van der Waals surface area contributed by atoms with Crippen molar-refractivity contribution >= 4 is 23.4 Å². The van der Waals surface area contributed by atoms with Crippen molar-refractivity contribution in [1.29, 1.82) is 0 Å². The zero-order chi connectivity index (χ0) is 17.5. The number of nitrogens with one attached hydrogen (secondary N) is 2. The number of aryl methyl sites for hydroxylation is 1. The third-order valence-corrected chi connectivity index (χ3v) is 3.44. The van der Waals surface area contributed by atoms with Crippen LogP contribution in [-0.2, 0) is 4.74 Å². The zero-order valence-electron chi connectivity index (χ0n) is 14.6. The van der Waals surface area contributed by atoms with Gasteiger partial charge in [0.1, 0.15) is 5.82 Å². The van der Waals surface area contributed by atoms with Crippen molar-refractivity contribution in [2.24, 2.45) is 5.92 Å². The number of hydrogen-bond donors (Lipinski definition) is 2. The standard InChI is InChI=1S/C18H24N4O2/c1-12(2)9-10-19-16-11-13(3)20-18(22-16)21-15-7-5-14(6-8-15)17(23)24-4/h5-8,11-12H,9-10H2,1-4H3,(H2,19,20,21,22). The fraction of sp³-hybridized carbons (Fsp3) is 0.389. The van der Waals surface area contributed by atoms with E-state index in [4.69, 9.17) is 0 Å². The summed E-state index contributed by atoms with van der Waals surface area (Å²) in [6.07, 6.45) is 1.08. The average molecular weight is 328 g/mol. The van der Waals surface area contributed by atoms with Gasteiger partial charge < -0.3 is 15.4 Å². The highest BCUT2D eigenvalue weighted by Crippen LogP contribution is 2.17. The summed E-state index contributed by atoms with van der Waals surface area (Å²) in [5.74, 6) is 1.61. The van der Waals surface area contributed by atoms with Gasteiger partial charge in [-0.2, -0.15) is 4.98 Å². The van der Waals surface area contributed by atoms with Crippen molar-refractivity contribution in [3.05, 3.63) is 41.6 Å². The number of benzene rings is 1. The molecule has 6 nitrogen and oxygen atoms in total. The van der Waals surface area contributed by atoms with Crippen LogP contribution in [0.15, 0.2) is 30.3 Å². The molecule has 0 saturated heterocycles. The predicted octanol–water partition coefficient (Wildman–Crippen LogP) is 3.77. The van der Waals surface area contributed by atoms with E-state index in [1.54, 1.807) is 24.3 Å². The molecule has 0 radical (unpaired) electrons. The molecule has 0 aliphatic carbocycles. The Kier molecular flexibility index (Phi) is 6.12. The number of rotatable bonds is 7. The van der Waals surface area contributed by atoms with Gasteiger partial charge in [0, 0.05) is 24.0 Å². The first-order chi connectivity index (χ1) is 11.5. The van der Waals surface area contributed by atoms with Crippen molar-refractivity contribution in [3.63, 3.8) is 0 Å². The molecule has 0 unspecified atom stereocenters. The van der Waals surface area contributed by atoms with Crippen LogP contribution >= 0.6 is 0 Å². The Morgan fingerprint density at radius 2 is 1.92 bits per heavy atom. The molecule has 0 atom stereocenters. The fourth-order valence-electron chi connectivity index (χ4n) is 2.14. The lowest BCUT2D eigenvalue weighted by molar-refractivity contribution is 0.0601. The maximum absolute atomic E-state index is 11.4. The number of aromatic nitrogens is 2. The molecule has 6 heteroatoms. The summed E-state index contributed by atoms with van der Waals surface area (Å²) in [5, 5.41) is 6.48. The van der Waals surface area contributed by atoms with E-state index in [0.29, 0.717) is 17.4 Å². The van der Waals surface area contributed by atoms with Crippen LogP contribution in [-0.4, -0.2) is 29.6 Å². The van der Waals surface area contributed by atoms with Gasteiger partial charge in [0.25, 0.3) is 0 Å². The fourth-order valence-corrected chi connectivity index (χ4v) is 2.14. The molecule has 2 aromatic rings. The second-order valence-electron chi connectivity index (χ2n) is 6.02. The van der Waals surface area contributed by atoms with E-state index in [1.807, 2.05) is 13.0 Å². The molecule has 0 amide bonds. The SMILES string of the molecule is COC(=O)c1ccc(Nc2nc(C)cc(NCCC(C)C)n2)cc1. The first-order valence-corrected chi connectivity index (χ1v) is 8.03. The Morgan fingerprint density at radius 3 is 2.54 bits per heavy atom. The number of carbonyl (C=O) groups excluding carboxylic acids is 1. The first kappa shape index (κ1) is 17.7. The molecule has 1 heterocycles. The maximum atomic E-state index is 11.4. The van der Waals surface area contributed by atoms with E-state index in [-0.39, 0.29) is 5.97 Å². The highest BCUT2D eigenvalue weighted by atomic mass is 16.5. The molecule has 24 heavy (non-hydrogen) atoms. The lowest BCUT2D eigenvalue weighted by Crippen LogP contribution is -2.08. The molecule has 0 aliphatic heterocycles. The first-order valence-electron chi connectivity index (χ1n) is 8.03. The third-order valence-electron chi connectivity index (χ3n) is 3.44. The van der Waals surface area contributed by atoms with Gasteiger partial charge in [0.2, 0.25) is 5.95 Å². The van der Waals surface area contributed by atoms with Gasteiger partial charge in [-0.1, -0.05) is 13.8 Å². The summed E-state index contributed by atoms with van der Waals surface area (Å²) in [6, 6.07) is 8.91. The van der Waals surface area contributed by atoms with Gasteiger partial charge in [-0.3, -0.25) is 0 Å². The third kappa shape index (κ3) is 5.22. The second kappa shape index (κ2) is 8.29. The summed E-state index contributed by atoms with van der Waals surface area (Å²) < 4.78 is 4.69. The van der Waals surface area contributed by atoms with Crippen LogP contribution in [0.2, 0.25) is 0 Å². The molecule has 0 saturated carbocycles. The summed E-state index contributed by atoms with van der Waals surface area (Å²) in [7, 11) is 1.36. The highest BCUT2D eigenvalue weighted by molar-refractivity contribution is 5.89. The van der Waals surface area contributed by atoms with E-state index >= 15 is 0 Å². The second-order valence-corrected chi connectivity index (χ2v) is 6.02. The average Bonchev–Trinajstić information content (AvgIpc) is 2.54. The Hall–Kier alpha value is -2.63. The van der Waals surface area contributed by atoms with Crippen molar-refractivity contribution in [3.8, 4) is 0 Å². The number of carbonyl (C=O) groups is 1. The summed E-state index contributed by atoms with van der Waals surface area (Å²) in [5.41, 5.74) is 2.19. The molecule has 1 aromatic carbocycles. The maximum Gasteiger partial charge on any atom is 0.337 e. The van der Waals surface area contributed by atoms with Crippen molar-refractivity contribution in [1.82, 2.24) is 9.97 Å². The molecular formula is C18H24N4O2. The van der Waals surface area contributed by atoms with E-state index in [2.05, 4.69) is 39.2 Å². The Labute approximate surface area is 142 Å². The van der Waals surface area contributed by atoms with Crippen molar-refractivity contribution < 1.29 is 9.53 Å². The molecule has 0 fully saturated rings. The lowest BCUT2D eigenvalue weighted by atomic mass is 10.1. The quantitative estimate of drug-likeness (QED) is 0.753. The van der Waals surface area contributed by atoms with Gasteiger partial charge in [-0.25, -0.2) is 9.78 Å². The number of nitrogens with zero attached hydrogens (tertiary/aromatic N) is 2. The van der Waals surface area contributed by atoms with E-state index in [9.17, 15) is 4.79 Å². The monoisotopic (exact) mass is 328 g/mol. The Balaban J connectivity index is 2.06. The number of ether oxygens (including phenoxy) is 1. The van der Waals surface area contributed by atoms with Crippen LogP contribution in [0.4, 0.5) is 17.5 Å². The Bertz CT molecular complexity index is 684. The van der Waals surface area contributed by atoms with Gasteiger partial charge in [-0.15, -0.1) is 0 Å². The molecule has 0 bridgehead atoms. The van der Waals surface area contributed by atoms with Gasteiger partial charge in [0.05, 0.1) is 12.7 Å². The van der Waals surface area contributed by atoms with Crippen LogP contribution in [0, 0.1) is 12.8 Å². The highest BCUT2D eigenvalue weighted by Gasteiger charge is 2.06. The lowest BCUT2D eigenvalue weighted by Gasteiger charge is -2.11. The minimum absolute atomic E-state index is 0.356. The minimum atomic E-state index is -0.356. The largest absolute Gasteiger partial charge is 0.465 e. The number of esters is 1. The molecule has 0 spiro atoms. The van der Waals surface area contributed by atoms with Crippen molar-refractivity contribution in [2.45, 2.75) is 27.2 Å². The van der Waals surface area contributed by atoms with E-state index in [1.165, 1.54) is 7.11 Å². The number of hydrogen-bond acceptors (Lipinski definition) is 6. The molecule has 2 N–H and O–H groups in total. The van der Waals surface area contributed by atoms with Crippen LogP contribution in [0.25, 0.3) is 0 Å². The number of anilines is 3. The molecule has 1 aromatic heterocycles. The topological polar surface area (TPSA) is 76.1 Å².